The Balaban J connectivity index is 1.48. The molecule has 2 heterocycles. The predicted octanol–water partition coefficient (Wildman–Crippen LogP) is 2.42. The number of carboxylic acids is 1. The summed E-state index contributed by atoms with van der Waals surface area (Å²) in [6.45, 7) is 0. The molecule has 0 saturated carbocycles. The van der Waals surface area contributed by atoms with E-state index < -0.39 is 29.8 Å². The molecule has 3 N–H and O–H groups in total. The number of H-pyrrole nitrogens is 1. The zero-order valence-corrected chi connectivity index (χ0v) is 14.2. The molecule has 0 unspecified atom stereocenters. The lowest BCUT2D eigenvalue weighted by atomic mass is 10.0. The average Bonchev–Trinajstić information content (AvgIpc) is 3.26. The number of para-hydroxylation sites is 2. The summed E-state index contributed by atoms with van der Waals surface area (Å²) in [6, 6.07) is 10.9. The van der Waals surface area contributed by atoms with Gasteiger partial charge in [-0.05, 0) is 17.7 Å². The number of amides is 1. The topological polar surface area (TPSA) is 91.4 Å². The summed E-state index contributed by atoms with van der Waals surface area (Å²) in [5.74, 6) is -2.19. The van der Waals surface area contributed by atoms with Crippen molar-refractivity contribution >= 4 is 22.8 Å². The Labute approximate surface area is 154 Å². The number of nitrogens with one attached hydrogen (secondary N) is 2. The van der Waals surface area contributed by atoms with E-state index in [1.54, 1.807) is 18.3 Å². The minimum Gasteiger partial charge on any atom is -0.480 e. The molecule has 0 saturated heterocycles. The zero-order valence-electron chi connectivity index (χ0n) is 14.2. The first kappa shape index (κ1) is 17.1. The fourth-order valence-electron chi connectivity index (χ4n) is 3.36. The third-order valence-corrected chi connectivity index (χ3v) is 4.72. The average molecular weight is 368 g/mol. The lowest BCUT2D eigenvalue weighted by Gasteiger charge is -2.17. The number of aliphatic carboxylic acids is 1. The smallest absolute Gasteiger partial charge is 0.326 e. The number of carboxylic acid groups (broad SMARTS) is 1. The summed E-state index contributed by atoms with van der Waals surface area (Å²) in [5, 5.41) is 13.0. The molecule has 3 aromatic rings. The van der Waals surface area contributed by atoms with Crippen LogP contribution < -0.4 is 10.1 Å². The molecule has 2 aromatic carbocycles. The number of carbonyl (C=O) groups is 2. The van der Waals surface area contributed by atoms with Gasteiger partial charge in [0.25, 0.3) is 5.91 Å². The molecule has 27 heavy (non-hydrogen) atoms. The highest BCUT2D eigenvalue weighted by atomic mass is 19.1. The minimum absolute atomic E-state index is 0.0566. The van der Waals surface area contributed by atoms with E-state index in [0.717, 1.165) is 16.5 Å². The van der Waals surface area contributed by atoms with Crippen LogP contribution in [0.25, 0.3) is 10.9 Å². The van der Waals surface area contributed by atoms with Gasteiger partial charge in [0.2, 0.25) is 0 Å². The molecule has 0 radical (unpaired) electrons. The maximum absolute atomic E-state index is 13.8. The molecule has 1 amide bonds. The maximum atomic E-state index is 13.8. The van der Waals surface area contributed by atoms with Crippen LogP contribution in [0.2, 0.25) is 0 Å². The molecule has 0 aliphatic carbocycles. The van der Waals surface area contributed by atoms with Crippen molar-refractivity contribution in [3.63, 3.8) is 0 Å². The van der Waals surface area contributed by atoms with E-state index in [0.29, 0.717) is 5.56 Å². The van der Waals surface area contributed by atoms with Gasteiger partial charge in [-0.25, -0.2) is 9.18 Å². The van der Waals surface area contributed by atoms with Gasteiger partial charge in [0.1, 0.15) is 6.04 Å². The molecule has 4 rings (SSSR count). The number of carbonyl (C=O) groups excluding carboxylic acids is 1. The SMILES string of the molecule is O=C(O)[C@H](Cc1c[nH]c2ccccc12)NC(=O)[C@@H]1Cc2cccc(F)c2O1. The van der Waals surface area contributed by atoms with Crippen LogP contribution in [0.15, 0.2) is 48.7 Å². The van der Waals surface area contributed by atoms with Crippen LogP contribution in [-0.2, 0) is 22.4 Å². The lowest BCUT2D eigenvalue weighted by molar-refractivity contribution is -0.142. The van der Waals surface area contributed by atoms with Crippen LogP contribution >= 0.6 is 0 Å². The summed E-state index contributed by atoms with van der Waals surface area (Å²) >= 11 is 0. The Kier molecular flexibility index (Phi) is 4.27. The van der Waals surface area contributed by atoms with E-state index in [-0.39, 0.29) is 18.6 Å². The lowest BCUT2D eigenvalue weighted by Crippen LogP contribution is -2.47. The summed E-state index contributed by atoms with van der Waals surface area (Å²) in [4.78, 5) is 27.2. The molecular weight excluding hydrogens is 351 g/mol. The van der Waals surface area contributed by atoms with Crippen LogP contribution in [0.1, 0.15) is 11.1 Å². The second-order valence-electron chi connectivity index (χ2n) is 6.50. The van der Waals surface area contributed by atoms with Crippen LogP contribution in [0.5, 0.6) is 5.75 Å². The van der Waals surface area contributed by atoms with Gasteiger partial charge in [0, 0.05) is 35.5 Å². The van der Waals surface area contributed by atoms with Crippen molar-refractivity contribution in [2.45, 2.75) is 25.0 Å². The van der Waals surface area contributed by atoms with Gasteiger partial charge in [0.05, 0.1) is 0 Å². The minimum atomic E-state index is -1.14. The molecule has 7 heteroatoms. The number of ether oxygens (including phenoxy) is 1. The molecule has 0 spiro atoms. The van der Waals surface area contributed by atoms with Crippen molar-refractivity contribution in [2.75, 3.05) is 0 Å². The van der Waals surface area contributed by atoms with Gasteiger partial charge >= 0.3 is 5.97 Å². The normalized spacial score (nSPS) is 16.6. The number of halogens is 1. The van der Waals surface area contributed by atoms with Gasteiger partial charge < -0.3 is 20.1 Å². The first-order valence-electron chi connectivity index (χ1n) is 8.55. The van der Waals surface area contributed by atoms with Crippen molar-refractivity contribution in [3.8, 4) is 5.75 Å². The van der Waals surface area contributed by atoms with E-state index in [4.69, 9.17) is 4.74 Å². The summed E-state index contributed by atoms with van der Waals surface area (Å²) in [6.07, 6.45) is 1.13. The molecular formula is C20H17FN2O4. The Morgan fingerprint density at radius 1 is 1.26 bits per heavy atom. The third-order valence-electron chi connectivity index (χ3n) is 4.72. The van der Waals surface area contributed by atoms with Crippen LogP contribution in [0.4, 0.5) is 4.39 Å². The number of rotatable bonds is 5. The fourth-order valence-corrected chi connectivity index (χ4v) is 3.36. The molecule has 1 aliphatic rings. The van der Waals surface area contributed by atoms with Crippen LogP contribution in [0, 0.1) is 5.82 Å². The highest BCUT2D eigenvalue weighted by molar-refractivity contribution is 5.89. The highest BCUT2D eigenvalue weighted by Crippen LogP contribution is 2.31. The van der Waals surface area contributed by atoms with Gasteiger partial charge in [0.15, 0.2) is 17.7 Å². The van der Waals surface area contributed by atoms with E-state index in [1.165, 1.54) is 6.07 Å². The van der Waals surface area contributed by atoms with Gasteiger partial charge in [-0.15, -0.1) is 0 Å². The number of hydrogen-bond donors (Lipinski definition) is 3. The van der Waals surface area contributed by atoms with E-state index in [9.17, 15) is 19.1 Å². The first-order chi connectivity index (χ1) is 13.0. The molecule has 2 atom stereocenters. The van der Waals surface area contributed by atoms with Crippen LogP contribution in [-0.4, -0.2) is 34.1 Å². The molecule has 138 valence electrons. The van der Waals surface area contributed by atoms with E-state index in [2.05, 4.69) is 10.3 Å². The van der Waals surface area contributed by atoms with Crippen molar-refractivity contribution < 1.29 is 23.8 Å². The summed E-state index contributed by atoms with van der Waals surface area (Å²) in [7, 11) is 0. The van der Waals surface area contributed by atoms with Gasteiger partial charge in [-0.1, -0.05) is 30.3 Å². The van der Waals surface area contributed by atoms with Gasteiger partial charge in [-0.2, -0.15) is 0 Å². The van der Waals surface area contributed by atoms with Crippen molar-refractivity contribution in [3.05, 3.63) is 65.6 Å². The highest BCUT2D eigenvalue weighted by Gasteiger charge is 2.33. The predicted molar refractivity (Wildman–Crippen MR) is 96.1 cm³/mol. The van der Waals surface area contributed by atoms with Crippen molar-refractivity contribution in [1.29, 1.82) is 0 Å². The molecule has 6 nitrogen and oxygen atoms in total. The first-order valence-corrected chi connectivity index (χ1v) is 8.55. The standard InChI is InChI=1S/C20H17FN2O4/c21-14-6-3-4-11-9-17(27-18(11)14)19(24)23-16(20(25)26)8-12-10-22-15-7-2-1-5-13(12)15/h1-7,10,16-17,22H,8-9H2,(H,23,24)(H,25,26)/t16-,17-/m0/s1. The third kappa shape index (κ3) is 3.23. The van der Waals surface area contributed by atoms with E-state index >= 15 is 0 Å². The molecule has 0 bridgehead atoms. The Bertz CT molecular complexity index is 1030. The second-order valence-corrected chi connectivity index (χ2v) is 6.50. The summed E-state index contributed by atoms with van der Waals surface area (Å²) in [5.41, 5.74) is 2.28. The number of aromatic amines is 1. The zero-order chi connectivity index (χ0) is 19.0. The molecule has 0 fully saturated rings. The quantitative estimate of drug-likeness (QED) is 0.645. The Morgan fingerprint density at radius 2 is 2.07 bits per heavy atom. The largest absolute Gasteiger partial charge is 0.480 e. The number of fused-ring (bicyclic) bond motifs is 2. The monoisotopic (exact) mass is 368 g/mol. The Morgan fingerprint density at radius 3 is 2.85 bits per heavy atom. The maximum Gasteiger partial charge on any atom is 0.326 e. The number of aromatic nitrogens is 1. The number of hydrogen-bond acceptors (Lipinski definition) is 3. The fraction of sp³-hybridized carbons (Fsp3) is 0.200. The van der Waals surface area contributed by atoms with Crippen molar-refractivity contribution in [1.82, 2.24) is 10.3 Å². The second kappa shape index (κ2) is 6.75. The Hall–Kier alpha value is -3.35. The van der Waals surface area contributed by atoms with E-state index in [1.807, 2.05) is 24.3 Å². The number of benzene rings is 2. The van der Waals surface area contributed by atoms with Crippen LogP contribution in [0.3, 0.4) is 0 Å². The molecule has 1 aliphatic heterocycles. The molecule has 1 aromatic heterocycles. The van der Waals surface area contributed by atoms with Crippen molar-refractivity contribution in [2.24, 2.45) is 0 Å². The van der Waals surface area contributed by atoms with Gasteiger partial charge in [-0.3, -0.25) is 4.79 Å². The summed E-state index contributed by atoms with van der Waals surface area (Å²) < 4.78 is 19.2.